The van der Waals surface area contributed by atoms with E-state index in [1.54, 1.807) is 23.3 Å². The predicted octanol–water partition coefficient (Wildman–Crippen LogP) is 3.29. The Bertz CT molecular complexity index is 881. The summed E-state index contributed by atoms with van der Waals surface area (Å²) in [5.74, 6) is 0.914. The first-order valence-corrected chi connectivity index (χ1v) is 10.9. The number of anilines is 1. The topological polar surface area (TPSA) is 29.8 Å². The third-order valence-corrected chi connectivity index (χ3v) is 6.44. The number of aromatic nitrogens is 1. The van der Waals surface area contributed by atoms with Crippen molar-refractivity contribution >= 4 is 17.0 Å². The maximum absolute atomic E-state index is 5.26. The molecule has 0 atom stereocenters. The summed E-state index contributed by atoms with van der Waals surface area (Å²) in [5.41, 5.74) is 5.10. The van der Waals surface area contributed by atoms with Crippen LogP contribution in [0, 0.1) is 0 Å². The van der Waals surface area contributed by atoms with E-state index in [9.17, 15) is 0 Å². The maximum Gasteiger partial charge on any atom is 0.123 e. The zero-order valence-corrected chi connectivity index (χ0v) is 17.5. The Labute approximate surface area is 171 Å². The number of piperazine rings is 1. The van der Waals surface area contributed by atoms with E-state index in [-0.39, 0.29) is 0 Å². The first kappa shape index (κ1) is 19.0. The summed E-state index contributed by atoms with van der Waals surface area (Å²) in [5, 5.41) is 3.36. The van der Waals surface area contributed by atoms with Gasteiger partial charge in [0, 0.05) is 16.6 Å². The summed E-state index contributed by atoms with van der Waals surface area (Å²) >= 11 is 1.76. The number of quaternary nitrogens is 1. The molecule has 28 heavy (non-hydrogen) atoms. The molecule has 0 aliphatic carbocycles. The molecule has 2 heterocycles. The van der Waals surface area contributed by atoms with E-state index in [1.807, 2.05) is 12.1 Å². The number of ether oxygens (including phenoxy) is 1. The third kappa shape index (κ3) is 4.37. The first-order valence-electron chi connectivity index (χ1n) is 10.0. The molecule has 1 aromatic heterocycles. The van der Waals surface area contributed by atoms with Gasteiger partial charge in [-0.3, -0.25) is 0 Å². The molecular formula is C23H28N3OS+. The lowest BCUT2D eigenvalue weighted by Gasteiger charge is -2.33. The fourth-order valence-corrected chi connectivity index (χ4v) is 4.54. The van der Waals surface area contributed by atoms with Crippen LogP contribution >= 0.6 is 11.3 Å². The van der Waals surface area contributed by atoms with Crippen LogP contribution in [0.25, 0.3) is 10.6 Å². The lowest BCUT2D eigenvalue weighted by Crippen LogP contribution is -3.13. The number of nitrogens with one attached hydrogen (secondary N) is 1. The summed E-state index contributed by atoms with van der Waals surface area (Å²) < 4.78 is 5.26. The van der Waals surface area contributed by atoms with E-state index in [1.165, 1.54) is 22.5 Å². The van der Waals surface area contributed by atoms with Crippen LogP contribution in [0.15, 0.2) is 53.9 Å². The molecule has 0 spiro atoms. The normalized spacial score (nSPS) is 15.0. The Balaban J connectivity index is 1.32. The average molecular weight is 395 g/mol. The van der Waals surface area contributed by atoms with Gasteiger partial charge in [-0.15, -0.1) is 11.3 Å². The molecule has 4 nitrogen and oxygen atoms in total. The van der Waals surface area contributed by atoms with Crippen molar-refractivity contribution in [3.8, 4) is 16.3 Å². The van der Waals surface area contributed by atoms with Crippen molar-refractivity contribution in [2.75, 3.05) is 38.2 Å². The van der Waals surface area contributed by atoms with Gasteiger partial charge in [0.2, 0.25) is 0 Å². The summed E-state index contributed by atoms with van der Waals surface area (Å²) in [4.78, 5) is 8.97. The number of thiazole rings is 1. The van der Waals surface area contributed by atoms with Gasteiger partial charge in [0.1, 0.15) is 23.0 Å². The molecule has 1 aliphatic rings. The smallest absolute Gasteiger partial charge is 0.123 e. The number of benzene rings is 2. The minimum Gasteiger partial charge on any atom is -0.497 e. The minimum absolute atomic E-state index is 0.914. The van der Waals surface area contributed by atoms with Gasteiger partial charge in [-0.25, -0.2) is 4.98 Å². The molecule has 2 aromatic carbocycles. The Kier molecular flexibility index (Phi) is 5.93. The second kappa shape index (κ2) is 8.76. The number of aryl methyl sites for hydroxylation is 1. The van der Waals surface area contributed by atoms with Gasteiger partial charge in [0.25, 0.3) is 0 Å². The highest BCUT2D eigenvalue weighted by Crippen LogP contribution is 2.24. The molecule has 0 amide bonds. The molecule has 0 radical (unpaired) electrons. The lowest BCUT2D eigenvalue weighted by atomic mass is 10.1. The Morgan fingerprint density at radius 2 is 1.75 bits per heavy atom. The van der Waals surface area contributed by atoms with Gasteiger partial charge in [0.05, 0.1) is 33.3 Å². The van der Waals surface area contributed by atoms with Gasteiger partial charge >= 0.3 is 0 Å². The van der Waals surface area contributed by atoms with E-state index < -0.39 is 0 Å². The average Bonchev–Trinajstić information content (AvgIpc) is 3.23. The van der Waals surface area contributed by atoms with Crippen LogP contribution in [0.2, 0.25) is 0 Å². The van der Waals surface area contributed by atoms with Crippen molar-refractivity contribution in [1.82, 2.24) is 4.98 Å². The van der Waals surface area contributed by atoms with Gasteiger partial charge in [-0.05, 0) is 36.2 Å². The highest BCUT2D eigenvalue weighted by molar-refractivity contribution is 7.13. The highest BCUT2D eigenvalue weighted by Gasteiger charge is 2.21. The van der Waals surface area contributed by atoms with Gasteiger partial charge in [-0.1, -0.05) is 31.2 Å². The number of nitrogens with zero attached hydrogens (tertiary/aromatic N) is 2. The summed E-state index contributed by atoms with van der Waals surface area (Å²) in [6, 6.07) is 17.2. The largest absolute Gasteiger partial charge is 0.497 e. The predicted molar refractivity (Wildman–Crippen MR) is 117 cm³/mol. The van der Waals surface area contributed by atoms with Crippen LogP contribution < -0.4 is 14.5 Å². The molecular weight excluding hydrogens is 366 g/mol. The van der Waals surface area contributed by atoms with E-state index in [4.69, 9.17) is 9.72 Å². The zero-order chi connectivity index (χ0) is 19.3. The molecule has 146 valence electrons. The van der Waals surface area contributed by atoms with Gasteiger partial charge in [0.15, 0.2) is 0 Å². The highest BCUT2D eigenvalue weighted by atomic mass is 32.1. The van der Waals surface area contributed by atoms with E-state index in [2.05, 4.69) is 53.6 Å². The van der Waals surface area contributed by atoms with Gasteiger partial charge in [-0.2, -0.15) is 0 Å². The fourth-order valence-electron chi connectivity index (χ4n) is 3.71. The number of rotatable bonds is 6. The van der Waals surface area contributed by atoms with Crippen LogP contribution in [0.4, 0.5) is 5.69 Å². The third-order valence-electron chi connectivity index (χ3n) is 5.50. The molecule has 1 aliphatic heterocycles. The van der Waals surface area contributed by atoms with Crippen LogP contribution in [-0.4, -0.2) is 38.3 Å². The molecule has 1 fully saturated rings. The number of hydrogen-bond donors (Lipinski definition) is 1. The molecule has 5 heteroatoms. The fraction of sp³-hybridized carbons (Fsp3) is 0.348. The van der Waals surface area contributed by atoms with Crippen molar-refractivity contribution in [3.05, 3.63) is 65.2 Å². The van der Waals surface area contributed by atoms with E-state index in [0.717, 1.165) is 49.9 Å². The second-order valence-electron chi connectivity index (χ2n) is 7.31. The molecule has 0 saturated carbocycles. The molecule has 0 unspecified atom stereocenters. The summed E-state index contributed by atoms with van der Waals surface area (Å²) in [6.45, 7) is 7.65. The van der Waals surface area contributed by atoms with Crippen molar-refractivity contribution in [3.63, 3.8) is 0 Å². The van der Waals surface area contributed by atoms with Crippen LogP contribution in [0.3, 0.4) is 0 Å². The molecule has 1 saturated heterocycles. The number of methoxy groups -OCH3 is 1. The first-order chi connectivity index (χ1) is 13.7. The maximum atomic E-state index is 5.26. The van der Waals surface area contributed by atoms with E-state index in [0.29, 0.717) is 0 Å². The quantitative estimate of drug-likeness (QED) is 0.696. The zero-order valence-electron chi connectivity index (χ0n) is 16.6. The summed E-state index contributed by atoms with van der Waals surface area (Å²) in [6.07, 6.45) is 1.08. The minimum atomic E-state index is 0.914. The van der Waals surface area contributed by atoms with Crippen LogP contribution in [-0.2, 0) is 13.0 Å². The Hall–Kier alpha value is -2.37. The summed E-state index contributed by atoms with van der Waals surface area (Å²) in [7, 11) is 1.71. The van der Waals surface area contributed by atoms with Crippen molar-refractivity contribution < 1.29 is 9.64 Å². The van der Waals surface area contributed by atoms with Crippen LogP contribution in [0.5, 0.6) is 5.75 Å². The lowest BCUT2D eigenvalue weighted by molar-refractivity contribution is -0.914. The number of hydrogen-bond acceptors (Lipinski definition) is 4. The van der Waals surface area contributed by atoms with Crippen molar-refractivity contribution in [1.29, 1.82) is 0 Å². The standard InChI is InChI=1S/C23H27N3OS/c1-3-18-4-6-19(7-5-18)23-24-20(17-28-23)16-25-12-14-26(15-13-25)21-8-10-22(27-2)11-9-21/h4-11,17H,3,12-16H2,1-2H3/p+1. The van der Waals surface area contributed by atoms with Crippen LogP contribution in [0.1, 0.15) is 18.2 Å². The Morgan fingerprint density at radius 3 is 2.39 bits per heavy atom. The molecule has 4 rings (SSSR count). The van der Waals surface area contributed by atoms with Gasteiger partial charge < -0.3 is 14.5 Å². The second-order valence-corrected chi connectivity index (χ2v) is 8.16. The van der Waals surface area contributed by atoms with E-state index >= 15 is 0 Å². The SMILES string of the molecule is CCc1ccc(-c2nc(C[NH+]3CCN(c4ccc(OC)cc4)CC3)cs2)cc1. The molecule has 0 bridgehead atoms. The molecule has 1 N–H and O–H groups in total. The molecule has 3 aromatic rings. The van der Waals surface area contributed by atoms with Crippen molar-refractivity contribution in [2.24, 2.45) is 0 Å². The Morgan fingerprint density at radius 1 is 1.04 bits per heavy atom. The monoisotopic (exact) mass is 394 g/mol. The van der Waals surface area contributed by atoms with Crippen molar-refractivity contribution in [2.45, 2.75) is 19.9 Å².